The summed E-state index contributed by atoms with van der Waals surface area (Å²) < 4.78 is 38.7. The van der Waals surface area contributed by atoms with E-state index in [-0.39, 0.29) is 6.42 Å². The van der Waals surface area contributed by atoms with Crippen LogP contribution in [0.5, 0.6) is 10.9 Å². The van der Waals surface area contributed by atoms with Gasteiger partial charge >= 0.3 is 5.63 Å². The molecule has 0 bridgehead atoms. The molecule has 2 heterocycles. The number of sulfonamides is 1. The van der Waals surface area contributed by atoms with Crippen LogP contribution in [0.3, 0.4) is 0 Å². The molecule has 0 aliphatic rings. The Labute approximate surface area is 212 Å². The average Bonchev–Trinajstić information content (AvgIpc) is 3.34. The molecule has 36 heavy (non-hydrogen) atoms. The number of hydrogen-bond donors (Lipinski definition) is 2. The summed E-state index contributed by atoms with van der Waals surface area (Å²) in [5.74, 6) is -0.780. The Hall–Kier alpha value is -3.70. The van der Waals surface area contributed by atoms with E-state index in [9.17, 15) is 18.0 Å². The molecule has 0 fully saturated rings. The summed E-state index contributed by atoms with van der Waals surface area (Å²) in [5, 5.41) is 5.38. The van der Waals surface area contributed by atoms with Gasteiger partial charge in [0, 0.05) is 42.1 Å². The highest BCUT2D eigenvalue weighted by Gasteiger charge is 2.20. The van der Waals surface area contributed by atoms with Crippen molar-refractivity contribution in [2.45, 2.75) is 26.7 Å². The molecule has 188 valence electrons. The van der Waals surface area contributed by atoms with Gasteiger partial charge < -0.3 is 14.5 Å². The van der Waals surface area contributed by atoms with E-state index < -0.39 is 27.3 Å². The summed E-state index contributed by atoms with van der Waals surface area (Å²) in [6.07, 6.45) is 2.42. The molecule has 0 saturated carbocycles. The van der Waals surface area contributed by atoms with Crippen LogP contribution in [0, 0.1) is 6.92 Å². The Balaban J connectivity index is 1.66. The van der Waals surface area contributed by atoms with Crippen molar-refractivity contribution in [2.75, 3.05) is 17.5 Å². The predicted octanol–water partition coefficient (Wildman–Crippen LogP) is 3.99. The minimum atomic E-state index is -3.89. The maximum absolute atomic E-state index is 13.0. The van der Waals surface area contributed by atoms with Crippen LogP contribution in [-0.2, 0) is 27.7 Å². The monoisotopic (exact) mass is 527 g/mol. The first-order chi connectivity index (χ1) is 17.2. The number of hydrogen-bond acceptors (Lipinski definition) is 8. The zero-order chi connectivity index (χ0) is 25.9. The molecular formula is C25H25N3O6S2. The third-order valence-electron chi connectivity index (χ3n) is 5.73. The quantitative estimate of drug-likeness (QED) is 0.315. The van der Waals surface area contributed by atoms with Crippen molar-refractivity contribution in [3.05, 3.63) is 80.6 Å². The van der Waals surface area contributed by atoms with E-state index in [1.165, 1.54) is 18.4 Å². The maximum Gasteiger partial charge on any atom is 0.340 e. The van der Waals surface area contributed by atoms with Gasteiger partial charge in [-0.25, -0.2) is 18.2 Å². The molecule has 1 amide bonds. The Kier molecular flexibility index (Phi) is 7.41. The van der Waals surface area contributed by atoms with Crippen LogP contribution in [0.25, 0.3) is 11.0 Å². The molecule has 2 aromatic heterocycles. The van der Waals surface area contributed by atoms with Crippen molar-refractivity contribution < 1.29 is 22.4 Å². The molecule has 4 rings (SSSR count). The van der Waals surface area contributed by atoms with E-state index in [0.717, 1.165) is 22.1 Å². The van der Waals surface area contributed by atoms with Crippen LogP contribution in [0.2, 0.25) is 0 Å². The minimum Gasteiger partial charge on any atom is -0.431 e. The minimum absolute atomic E-state index is 0.260. The number of anilines is 1. The summed E-state index contributed by atoms with van der Waals surface area (Å²) in [5.41, 5.74) is 3.09. The standard InChI is InChI=1S/C25H25N3O6S2/c1-4-18-16(6-5-7-21(18)28-36(31,32)14-23(29)26-3)12-20-15(2)19-9-8-17(13-22(19)34-24(20)30)33-25-27-10-11-35-25/h5-11,13,28H,4,12,14H2,1-3H3,(H,26,29). The van der Waals surface area contributed by atoms with E-state index in [0.29, 0.717) is 34.2 Å². The van der Waals surface area contributed by atoms with Crippen molar-refractivity contribution >= 4 is 43.9 Å². The number of nitrogens with one attached hydrogen (secondary N) is 2. The molecule has 9 nitrogen and oxygen atoms in total. The Morgan fingerprint density at radius 2 is 2.00 bits per heavy atom. The molecular weight excluding hydrogens is 502 g/mol. The van der Waals surface area contributed by atoms with Crippen molar-refractivity contribution in [2.24, 2.45) is 0 Å². The largest absolute Gasteiger partial charge is 0.431 e. The van der Waals surface area contributed by atoms with Gasteiger partial charge in [-0.1, -0.05) is 30.4 Å². The van der Waals surface area contributed by atoms with Gasteiger partial charge in [0.2, 0.25) is 15.9 Å². The highest BCUT2D eigenvalue weighted by molar-refractivity contribution is 7.93. The zero-order valence-corrected chi connectivity index (χ0v) is 21.6. The van der Waals surface area contributed by atoms with Crippen LogP contribution >= 0.6 is 11.3 Å². The number of ether oxygens (including phenoxy) is 1. The smallest absolute Gasteiger partial charge is 0.340 e. The van der Waals surface area contributed by atoms with Crippen LogP contribution < -0.4 is 20.4 Å². The van der Waals surface area contributed by atoms with Gasteiger partial charge in [-0.3, -0.25) is 9.52 Å². The fourth-order valence-electron chi connectivity index (χ4n) is 3.96. The SMILES string of the molecule is CCc1c(Cc2c(C)c3ccc(Oc4nccs4)cc3oc2=O)cccc1NS(=O)(=O)CC(=O)NC. The summed E-state index contributed by atoms with van der Waals surface area (Å²) in [7, 11) is -2.52. The summed E-state index contributed by atoms with van der Waals surface area (Å²) >= 11 is 1.36. The van der Waals surface area contributed by atoms with E-state index in [2.05, 4.69) is 15.0 Å². The van der Waals surface area contributed by atoms with E-state index in [4.69, 9.17) is 9.15 Å². The number of aryl methyl sites for hydroxylation is 1. The normalized spacial score (nSPS) is 11.4. The van der Waals surface area contributed by atoms with Gasteiger partial charge in [-0.15, -0.1) is 0 Å². The number of amides is 1. The maximum atomic E-state index is 13.0. The number of nitrogens with zero attached hydrogens (tertiary/aromatic N) is 1. The van der Waals surface area contributed by atoms with Gasteiger partial charge in [-0.05, 0) is 48.2 Å². The number of aromatic nitrogens is 1. The number of benzene rings is 2. The Morgan fingerprint density at radius 1 is 1.19 bits per heavy atom. The second-order valence-corrected chi connectivity index (χ2v) is 10.6. The van der Waals surface area contributed by atoms with E-state index >= 15 is 0 Å². The summed E-state index contributed by atoms with van der Waals surface area (Å²) in [6, 6.07) is 10.5. The van der Waals surface area contributed by atoms with Gasteiger partial charge in [0.1, 0.15) is 17.1 Å². The van der Waals surface area contributed by atoms with E-state index in [1.807, 2.05) is 26.0 Å². The Bertz CT molecular complexity index is 1580. The van der Waals surface area contributed by atoms with Gasteiger partial charge in [-0.2, -0.15) is 0 Å². The topological polar surface area (TPSA) is 128 Å². The number of fused-ring (bicyclic) bond motifs is 1. The first kappa shape index (κ1) is 25.4. The van der Waals surface area contributed by atoms with Crippen LogP contribution in [0.4, 0.5) is 5.69 Å². The van der Waals surface area contributed by atoms with Crippen molar-refractivity contribution in [1.82, 2.24) is 10.3 Å². The van der Waals surface area contributed by atoms with Gasteiger partial charge in [0.15, 0.2) is 0 Å². The number of thiazole rings is 1. The number of carbonyl (C=O) groups is 1. The van der Waals surface area contributed by atoms with Crippen molar-refractivity contribution in [3.63, 3.8) is 0 Å². The average molecular weight is 528 g/mol. The van der Waals surface area contributed by atoms with Crippen molar-refractivity contribution in [1.29, 1.82) is 0 Å². The Morgan fingerprint density at radius 3 is 2.69 bits per heavy atom. The molecule has 0 unspecified atom stereocenters. The van der Waals surface area contributed by atoms with Crippen LogP contribution in [0.1, 0.15) is 29.2 Å². The lowest BCUT2D eigenvalue weighted by Crippen LogP contribution is -2.30. The molecule has 0 spiro atoms. The third kappa shape index (κ3) is 5.58. The lowest BCUT2D eigenvalue weighted by Gasteiger charge is -2.16. The molecule has 0 radical (unpaired) electrons. The second-order valence-electron chi connectivity index (χ2n) is 8.06. The molecule has 0 saturated heterocycles. The fraction of sp³-hybridized carbons (Fsp3) is 0.240. The van der Waals surface area contributed by atoms with Crippen LogP contribution in [0.15, 0.2) is 57.2 Å². The highest BCUT2D eigenvalue weighted by atomic mass is 32.2. The number of carbonyl (C=O) groups excluding carboxylic acids is 1. The summed E-state index contributed by atoms with van der Waals surface area (Å²) in [4.78, 5) is 28.7. The van der Waals surface area contributed by atoms with Crippen LogP contribution in [-0.4, -0.2) is 32.1 Å². The lowest BCUT2D eigenvalue weighted by atomic mass is 9.94. The van der Waals surface area contributed by atoms with E-state index in [1.54, 1.807) is 35.8 Å². The highest BCUT2D eigenvalue weighted by Crippen LogP contribution is 2.30. The molecule has 2 aromatic carbocycles. The summed E-state index contributed by atoms with van der Waals surface area (Å²) in [6.45, 7) is 3.76. The lowest BCUT2D eigenvalue weighted by molar-refractivity contribution is -0.118. The molecule has 11 heteroatoms. The first-order valence-corrected chi connectivity index (χ1v) is 13.7. The molecule has 2 N–H and O–H groups in total. The molecule has 0 atom stereocenters. The van der Waals surface area contributed by atoms with Gasteiger partial charge in [0.05, 0.1) is 5.69 Å². The third-order valence-corrected chi connectivity index (χ3v) is 7.55. The number of rotatable bonds is 9. The second kappa shape index (κ2) is 10.5. The zero-order valence-electron chi connectivity index (χ0n) is 20.0. The first-order valence-electron chi connectivity index (χ1n) is 11.2. The molecule has 0 aliphatic carbocycles. The molecule has 4 aromatic rings. The van der Waals surface area contributed by atoms with Crippen molar-refractivity contribution in [3.8, 4) is 10.9 Å². The molecule has 0 aliphatic heterocycles. The predicted molar refractivity (Wildman–Crippen MR) is 140 cm³/mol. The van der Waals surface area contributed by atoms with Gasteiger partial charge in [0.25, 0.3) is 5.19 Å². The fourth-order valence-corrected chi connectivity index (χ4v) is 5.55.